The maximum atomic E-state index is 12.1. The molecule has 0 spiro atoms. The van der Waals surface area contributed by atoms with E-state index in [9.17, 15) is 9.59 Å². The van der Waals surface area contributed by atoms with Gasteiger partial charge in [0.05, 0.1) is 7.11 Å². The zero-order chi connectivity index (χ0) is 16.7. The number of esters is 1. The molecule has 0 aliphatic heterocycles. The van der Waals surface area contributed by atoms with Gasteiger partial charge in [-0.25, -0.2) is 4.79 Å². The summed E-state index contributed by atoms with van der Waals surface area (Å²) in [6.07, 6.45) is 3.22. The van der Waals surface area contributed by atoms with Gasteiger partial charge in [0.1, 0.15) is 5.75 Å². The number of carbonyl (C=O) groups excluding carboxylic acids is 2. The minimum Gasteiger partial charge on any atom is -0.482 e. The molecule has 0 amide bonds. The summed E-state index contributed by atoms with van der Waals surface area (Å²) in [7, 11) is 1.29. The predicted molar refractivity (Wildman–Crippen MR) is 88.8 cm³/mol. The molecular weight excluding hydrogens is 316 g/mol. The van der Waals surface area contributed by atoms with Gasteiger partial charge in [0.2, 0.25) is 0 Å². The maximum Gasteiger partial charge on any atom is 0.343 e. The van der Waals surface area contributed by atoms with Crippen molar-refractivity contribution in [1.29, 1.82) is 0 Å². The molecule has 0 aliphatic carbocycles. The lowest BCUT2D eigenvalue weighted by Gasteiger charge is -2.04. The molecule has 0 radical (unpaired) electrons. The first kappa shape index (κ1) is 16.8. The Morgan fingerprint density at radius 3 is 2.30 bits per heavy atom. The van der Waals surface area contributed by atoms with Crippen LogP contribution in [0.15, 0.2) is 54.6 Å². The highest BCUT2D eigenvalue weighted by Crippen LogP contribution is 2.14. The Labute approximate surface area is 139 Å². The molecule has 0 N–H and O–H groups in total. The monoisotopic (exact) mass is 330 g/mol. The van der Waals surface area contributed by atoms with E-state index >= 15 is 0 Å². The van der Waals surface area contributed by atoms with E-state index in [1.165, 1.54) is 13.2 Å². The van der Waals surface area contributed by atoms with Crippen LogP contribution in [0.3, 0.4) is 0 Å². The van der Waals surface area contributed by atoms with Gasteiger partial charge in [-0.1, -0.05) is 29.8 Å². The van der Waals surface area contributed by atoms with E-state index in [0.717, 1.165) is 5.56 Å². The van der Waals surface area contributed by atoms with Crippen LogP contribution >= 0.6 is 11.6 Å². The van der Waals surface area contributed by atoms with Gasteiger partial charge >= 0.3 is 5.97 Å². The van der Waals surface area contributed by atoms with Crippen molar-refractivity contribution in [3.63, 3.8) is 0 Å². The Hall–Kier alpha value is -2.59. The highest BCUT2D eigenvalue weighted by Gasteiger charge is 2.04. The number of carbonyl (C=O) groups is 2. The van der Waals surface area contributed by atoms with Crippen molar-refractivity contribution in [2.45, 2.75) is 0 Å². The number of halogens is 1. The first-order valence-electron chi connectivity index (χ1n) is 6.86. The quantitative estimate of drug-likeness (QED) is 0.459. The molecule has 4 nitrogen and oxygen atoms in total. The molecule has 0 unspecified atom stereocenters. The third-order valence-electron chi connectivity index (χ3n) is 3.02. The molecule has 23 heavy (non-hydrogen) atoms. The van der Waals surface area contributed by atoms with Crippen LogP contribution in [-0.4, -0.2) is 25.5 Å². The zero-order valence-electron chi connectivity index (χ0n) is 12.5. The van der Waals surface area contributed by atoms with Gasteiger partial charge < -0.3 is 9.47 Å². The molecule has 5 heteroatoms. The Morgan fingerprint density at radius 1 is 1.04 bits per heavy atom. The van der Waals surface area contributed by atoms with Crippen molar-refractivity contribution in [2.24, 2.45) is 0 Å². The maximum absolute atomic E-state index is 12.1. The van der Waals surface area contributed by atoms with Crippen molar-refractivity contribution in [3.8, 4) is 5.75 Å². The molecule has 118 valence electrons. The largest absolute Gasteiger partial charge is 0.482 e. The SMILES string of the molecule is COC(=O)COc1ccc(C(=O)C=Cc2ccc(Cl)cc2)cc1. The summed E-state index contributed by atoms with van der Waals surface area (Å²) in [4.78, 5) is 23.1. The number of hydrogen-bond acceptors (Lipinski definition) is 4. The van der Waals surface area contributed by atoms with Crippen LogP contribution in [-0.2, 0) is 9.53 Å². The van der Waals surface area contributed by atoms with Crippen molar-refractivity contribution in [1.82, 2.24) is 0 Å². The second-order valence-corrected chi connectivity index (χ2v) is 5.07. The van der Waals surface area contributed by atoms with E-state index in [1.807, 2.05) is 12.1 Å². The number of ether oxygens (including phenoxy) is 2. The number of ketones is 1. The van der Waals surface area contributed by atoms with Crippen LogP contribution in [0.2, 0.25) is 5.02 Å². The summed E-state index contributed by atoms with van der Waals surface area (Å²) in [5, 5.41) is 0.649. The molecule has 0 fully saturated rings. The predicted octanol–water partition coefficient (Wildman–Crippen LogP) is 3.79. The molecule has 0 saturated carbocycles. The third kappa shape index (κ3) is 5.27. The first-order chi connectivity index (χ1) is 11.1. The van der Waals surface area contributed by atoms with E-state index in [2.05, 4.69) is 4.74 Å². The van der Waals surface area contributed by atoms with Gasteiger partial charge in [0.15, 0.2) is 12.4 Å². The molecule has 2 aromatic carbocycles. The van der Waals surface area contributed by atoms with Gasteiger partial charge in [0.25, 0.3) is 0 Å². The minimum atomic E-state index is -0.462. The van der Waals surface area contributed by atoms with Gasteiger partial charge in [-0.3, -0.25) is 4.79 Å². The fraction of sp³-hybridized carbons (Fsp3) is 0.111. The average Bonchev–Trinajstić information content (AvgIpc) is 2.59. The van der Waals surface area contributed by atoms with Crippen molar-refractivity contribution in [3.05, 3.63) is 70.8 Å². The standard InChI is InChI=1S/C18H15ClO4/c1-22-18(21)12-23-16-9-5-14(6-10-16)17(20)11-4-13-2-7-15(19)8-3-13/h2-11H,12H2,1H3. The Kier molecular flexibility index (Phi) is 5.94. The first-order valence-corrected chi connectivity index (χ1v) is 7.24. The average molecular weight is 331 g/mol. The fourth-order valence-corrected chi connectivity index (χ4v) is 1.88. The molecule has 0 bridgehead atoms. The summed E-state index contributed by atoms with van der Waals surface area (Å²) in [5.41, 5.74) is 1.42. The number of allylic oxidation sites excluding steroid dienone is 1. The van der Waals surface area contributed by atoms with Crippen LogP contribution < -0.4 is 4.74 Å². The van der Waals surface area contributed by atoms with E-state index in [4.69, 9.17) is 16.3 Å². The molecule has 0 aliphatic rings. The molecule has 0 aromatic heterocycles. The molecule has 0 atom stereocenters. The van der Waals surface area contributed by atoms with Gasteiger partial charge in [0, 0.05) is 10.6 Å². The lowest BCUT2D eigenvalue weighted by atomic mass is 10.1. The van der Waals surface area contributed by atoms with Crippen LogP contribution in [0.5, 0.6) is 5.75 Å². The van der Waals surface area contributed by atoms with Gasteiger partial charge in [-0.05, 0) is 48.0 Å². The van der Waals surface area contributed by atoms with E-state index in [-0.39, 0.29) is 12.4 Å². The second kappa shape index (κ2) is 8.15. The number of hydrogen-bond donors (Lipinski definition) is 0. The number of benzene rings is 2. The van der Waals surface area contributed by atoms with E-state index in [1.54, 1.807) is 42.5 Å². The van der Waals surface area contributed by atoms with Gasteiger partial charge in [-0.15, -0.1) is 0 Å². The Balaban J connectivity index is 1.97. The van der Waals surface area contributed by atoms with Crippen LogP contribution in [0.1, 0.15) is 15.9 Å². The molecular formula is C18H15ClO4. The molecule has 2 rings (SSSR count). The second-order valence-electron chi connectivity index (χ2n) is 4.64. The smallest absolute Gasteiger partial charge is 0.343 e. The highest BCUT2D eigenvalue weighted by molar-refractivity contribution is 6.30. The Morgan fingerprint density at radius 2 is 1.70 bits per heavy atom. The van der Waals surface area contributed by atoms with Gasteiger partial charge in [-0.2, -0.15) is 0 Å². The van der Waals surface area contributed by atoms with Crippen molar-refractivity contribution < 1.29 is 19.1 Å². The Bertz CT molecular complexity index is 703. The lowest BCUT2D eigenvalue weighted by Crippen LogP contribution is -2.12. The summed E-state index contributed by atoms with van der Waals surface area (Å²) in [6.45, 7) is -0.166. The fourth-order valence-electron chi connectivity index (χ4n) is 1.76. The van der Waals surface area contributed by atoms with E-state index < -0.39 is 5.97 Å². The zero-order valence-corrected chi connectivity index (χ0v) is 13.2. The highest BCUT2D eigenvalue weighted by atomic mass is 35.5. The molecule has 0 heterocycles. The summed E-state index contributed by atoms with van der Waals surface area (Å²) in [6, 6.07) is 13.7. The molecule has 2 aromatic rings. The third-order valence-corrected chi connectivity index (χ3v) is 3.27. The normalized spacial score (nSPS) is 10.5. The van der Waals surface area contributed by atoms with Crippen LogP contribution in [0.4, 0.5) is 0 Å². The lowest BCUT2D eigenvalue weighted by molar-refractivity contribution is -0.142. The van der Waals surface area contributed by atoms with E-state index in [0.29, 0.717) is 16.3 Å². The minimum absolute atomic E-state index is 0.125. The van der Waals surface area contributed by atoms with Crippen LogP contribution in [0.25, 0.3) is 6.08 Å². The number of methoxy groups -OCH3 is 1. The number of rotatable bonds is 6. The van der Waals surface area contributed by atoms with Crippen molar-refractivity contribution in [2.75, 3.05) is 13.7 Å². The summed E-state index contributed by atoms with van der Waals surface area (Å²) in [5.74, 6) is -0.0934. The van der Waals surface area contributed by atoms with Crippen LogP contribution in [0, 0.1) is 0 Å². The molecule has 0 saturated heterocycles. The topological polar surface area (TPSA) is 52.6 Å². The summed E-state index contributed by atoms with van der Waals surface area (Å²) >= 11 is 5.81. The van der Waals surface area contributed by atoms with Crippen molar-refractivity contribution >= 4 is 29.4 Å². The summed E-state index contributed by atoms with van der Waals surface area (Å²) < 4.78 is 9.70.